The average Bonchev–Trinajstić information content (AvgIpc) is 2.73. The maximum absolute atomic E-state index is 12.7. The fraction of sp³-hybridized carbons (Fsp3) is 0.130. The monoisotopic (exact) mass is 359 g/mol. The highest BCUT2D eigenvalue weighted by Gasteiger charge is 2.14. The molecule has 0 saturated carbocycles. The van der Waals surface area contributed by atoms with Gasteiger partial charge in [0.05, 0.1) is 12.7 Å². The first-order valence-corrected chi connectivity index (χ1v) is 8.66. The summed E-state index contributed by atoms with van der Waals surface area (Å²) in [5, 5.41) is 0. The first-order valence-electron chi connectivity index (χ1n) is 8.66. The molecule has 136 valence electrons. The molecule has 0 aliphatic heterocycles. The van der Waals surface area contributed by atoms with Crippen LogP contribution in [0.5, 0.6) is 0 Å². The van der Waals surface area contributed by atoms with Crippen molar-refractivity contribution in [2.45, 2.75) is 6.54 Å². The summed E-state index contributed by atoms with van der Waals surface area (Å²) in [5.41, 5.74) is 4.16. The Morgan fingerprint density at radius 3 is 2.11 bits per heavy atom. The van der Waals surface area contributed by atoms with Gasteiger partial charge in [0.25, 0.3) is 5.91 Å². The second-order valence-electron chi connectivity index (χ2n) is 6.30. The maximum Gasteiger partial charge on any atom is 0.337 e. The Bertz CT molecular complexity index is 933. The van der Waals surface area contributed by atoms with E-state index in [1.54, 1.807) is 36.2 Å². The van der Waals surface area contributed by atoms with Crippen molar-refractivity contribution in [3.05, 3.63) is 95.6 Å². The van der Waals surface area contributed by atoms with Crippen molar-refractivity contribution < 1.29 is 14.3 Å². The first kappa shape index (κ1) is 18.4. The second kappa shape index (κ2) is 8.32. The third kappa shape index (κ3) is 4.42. The lowest BCUT2D eigenvalue weighted by Crippen LogP contribution is -2.26. The summed E-state index contributed by atoms with van der Waals surface area (Å²) in [6.07, 6.45) is 0. The van der Waals surface area contributed by atoms with E-state index in [-0.39, 0.29) is 5.91 Å². The summed E-state index contributed by atoms with van der Waals surface area (Å²) >= 11 is 0. The number of methoxy groups -OCH3 is 1. The van der Waals surface area contributed by atoms with Gasteiger partial charge < -0.3 is 9.64 Å². The number of nitrogens with zero attached hydrogens (tertiary/aromatic N) is 1. The normalized spacial score (nSPS) is 10.3. The molecule has 3 rings (SSSR count). The van der Waals surface area contributed by atoms with Crippen LogP contribution in [0, 0.1) is 0 Å². The standard InChI is InChI=1S/C23H21NO3/c1-24(22(25)20-9-6-10-21(15-20)23(26)27-2)16-17-11-13-19(14-12-17)18-7-4-3-5-8-18/h3-15H,16H2,1-2H3. The van der Waals surface area contributed by atoms with Gasteiger partial charge in [0.15, 0.2) is 0 Å². The average molecular weight is 359 g/mol. The minimum absolute atomic E-state index is 0.145. The third-order valence-electron chi connectivity index (χ3n) is 4.36. The van der Waals surface area contributed by atoms with Gasteiger partial charge in [-0.15, -0.1) is 0 Å². The van der Waals surface area contributed by atoms with Crippen molar-refractivity contribution in [1.82, 2.24) is 4.90 Å². The molecular formula is C23H21NO3. The SMILES string of the molecule is COC(=O)c1cccc(C(=O)N(C)Cc2ccc(-c3ccccc3)cc2)c1. The van der Waals surface area contributed by atoms with Crippen molar-refractivity contribution in [1.29, 1.82) is 0 Å². The highest BCUT2D eigenvalue weighted by molar-refractivity contribution is 5.97. The van der Waals surface area contributed by atoms with Gasteiger partial charge in [0, 0.05) is 19.2 Å². The van der Waals surface area contributed by atoms with Crippen LogP contribution >= 0.6 is 0 Å². The van der Waals surface area contributed by atoms with E-state index in [4.69, 9.17) is 4.74 Å². The first-order chi connectivity index (χ1) is 13.1. The summed E-state index contributed by atoms with van der Waals surface area (Å²) in [7, 11) is 3.07. The van der Waals surface area contributed by atoms with E-state index in [1.165, 1.54) is 7.11 Å². The minimum atomic E-state index is -0.455. The third-order valence-corrected chi connectivity index (χ3v) is 4.36. The summed E-state index contributed by atoms with van der Waals surface area (Å²) in [6.45, 7) is 0.482. The smallest absolute Gasteiger partial charge is 0.337 e. The molecule has 27 heavy (non-hydrogen) atoms. The number of rotatable bonds is 5. The van der Waals surface area contributed by atoms with Crippen LogP contribution in [-0.4, -0.2) is 30.9 Å². The van der Waals surface area contributed by atoms with Crippen LogP contribution in [0.2, 0.25) is 0 Å². The van der Waals surface area contributed by atoms with E-state index in [0.717, 1.165) is 16.7 Å². The topological polar surface area (TPSA) is 46.6 Å². The van der Waals surface area contributed by atoms with Crippen LogP contribution in [0.15, 0.2) is 78.9 Å². The molecule has 3 aromatic carbocycles. The predicted octanol–water partition coefficient (Wildman–Crippen LogP) is 4.41. The zero-order valence-electron chi connectivity index (χ0n) is 15.4. The van der Waals surface area contributed by atoms with Crippen molar-refractivity contribution in [3.63, 3.8) is 0 Å². The molecule has 0 aliphatic carbocycles. The molecule has 0 saturated heterocycles. The molecule has 0 radical (unpaired) electrons. The second-order valence-corrected chi connectivity index (χ2v) is 6.30. The molecule has 1 amide bonds. The molecule has 0 fully saturated rings. The van der Waals surface area contributed by atoms with Crippen LogP contribution in [-0.2, 0) is 11.3 Å². The van der Waals surface area contributed by atoms with Crippen molar-refractivity contribution in [2.24, 2.45) is 0 Å². The molecule has 0 bridgehead atoms. The number of ether oxygens (including phenoxy) is 1. The predicted molar refractivity (Wildman–Crippen MR) is 105 cm³/mol. The summed E-state index contributed by atoms with van der Waals surface area (Å²) < 4.78 is 4.71. The molecule has 0 atom stereocenters. The Kier molecular flexibility index (Phi) is 5.67. The molecule has 3 aromatic rings. The van der Waals surface area contributed by atoms with Gasteiger partial charge in [0.1, 0.15) is 0 Å². The molecule has 0 unspecified atom stereocenters. The Morgan fingerprint density at radius 2 is 1.44 bits per heavy atom. The molecule has 4 nitrogen and oxygen atoms in total. The molecule has 0 aliphatic rings. The molecule has 0 N–H and O–H groups in total. The van der Waals surface area contributed by atoms with Gasteiger partial charge in [-0.25, -0.2) is 4.79 Å². The Balaban J connectivity index is 1.70. The lowest BCUT2D eigenvalue weighted by molar-refractivity contribution is 0.0600. The van der Waals surface area contributed by atoms with E-state index < -0.39 is 5.97 Å². The molecule has 0 heterocycles. The molecule has 0 spiro atoms. The zero-order valence-corrected chi connectivity index (χ0v) is 15.4. The fourth-order valence-electron chi connectivity index (χ4n) is 2.90. The molecule has 4 heteroatoms. The Morgan fingerprint density at radius 1 is 0.815 bits per heavy atom. The van der Waals surface area contributed by atoms with Gasteiger partial charge in [-0.05, 0) is 34.9 Å². The molecule has 0 aromatic heterocycles. The lowest BCUT2D eigenvalue weighted by atomic mass is 10.0. The van der Waals surface area contributed by atoms with Crippen molar-refractivity contribution in [2.75, 3.05) is 14.2 Å². The van der Waals surface area contributed by atoms with Crippen molar-refractivity contribution >= 4 is 11.9 Å². The van der Waals surface area contributed by atoms with Gasteiger partial charge in [-0.2, -0.15) is 0 Å². The van der Waals surface area contributed by atoms with E-state index in [1.807, 2.05) is 30.3 Å². The van der Waals surface area contributed by atoms with Crippen LogP contribution in [0.3, 0.4) is 0 Å². The van der Waals surface area contributed by atoms with Gasteiger partial charge >= 0.3 is 5.97 Å². The van der Waals surface area contributed by atoms with Gasteiger partial charge in [-0.3, -0.25) is 4.79 Å². The lowest BCUT2D eigenvalue weighted by Gasteiger charge is -2.18. The number of hydrogen-bond donors (Lipinski definition) is 0. The number of hydrogen-bond acceptors (Lipinski definition) is 3. The highest BCUT2D eigenvalue weighted by atomic mass is 16.5. The van der Waals surface area contributed by atoms with Crippen molar-refractivity contribution in [3.8, 4) is 11.1 Å². The van der Waals surface area contributed by atoms with E-state index in [0.29, 0.717) is 17.7 Å². The summed E-state index contributed by atoms with van der Waals surface area (Å²) in [4.78, 5) is 26.0. The Hall–Kier alpha value is -3.40. The van der Waals surface area contributed by atoms with E-state index in [9.17, 15) is 9.59 Å². The largest absolute Gasteiger partial charge is 0.465 e. The quantitative estimate of drug-likeness (QED) is 0.634. The van der Waals surface area contributed by atoms with Gasteiger partial charge in [0.2, 0.25) is 0 Å². The Labute approximate surface area is 159 Å². The maximum atomic E-state index is 12.7. The van der Waals surface area contributed by atoms with E-state index in [2.05, 4.69) is 24.3 Å². The minimum Gasteiger partial charge on any atom is -0.465 e. The zero-order chi connectivity index (χ0) is 19.2. The van der Waals surface area contributed by atoms with Crippen LogP contribution in [0.1, 0.15) is 26.3 Å². The van der Waals surface area contributed by atoms with Gasteiger partial charge in [-0.1, -0.05) is 60.7 Å². The van der Waals surface area contributed by atoms with Crippen LogP contribution in [0.25, 0.3) is 11.1 Å². The van der Waals surface area contributed by atoms with E-state index >= 15 is 0 Å². The number of carbonyl (C=O) groups is 2. The summed E-state index contributed by atoms with van der Waals surface area (Å²) in [5.74, 6) is -0.600. The number of esters is 1. The fourth-order valence-corrected chi connectivity index (χ4v) is 2.90. The number of benzene rings is 3. The van der Waals surface area contributed by atoms with Crippen LogP contribution < -0.4 is 0 Å². The molecular weight excluding hydrogens is 338 g/mol. The number of carbonyl (C=O) groups excluding carboxylic acids is 2. The van der Waals surface area contributed by atoms with Crippen LogP contribution in [0.4, 0.5) is 0 Å². The highest BCUT2D eigenvalue weighted by Crippen LogP contribution is 2.20. The summed E-state index contributed by atoms with van der Waals surface area (Å²) in [6, 6.07) is 24.9. The number of amides is 1.